The molecular formula is C17H19FN2O3S2. The second kappa shape index (κ2) is 7.23. The van der Waals surface area contributed by atoms with E-state index in [0.717, 1.165) is 0 Å². The highest BCUT2D eigenvalue weighted by atomic mass is 32.2. The largest absolute Gasteiger partial charge is 0.326 e. The zero-order valence-electron chi connectivity index (χ0n) is 13.7. The SMILES string of the molecule is Cc1ccc(NC(=O)[C@@H]2CCCN(S(=O)(=O)c3cccs3)C2)cc1F. The zero-order valence-corrected chi connectivity index (χ0v) is 15.4. The Morgan fingerprint density at radius 1 is 1.36 bits per heavy atom. The fraction of sp³-hybridized carbons (Fsp3) is 0.353. The number of sulfonamides is 1. The number of thiophene rings is 1. The van der Waals surface area contributed by atoms with Crippen molar-refractivity contribution in [3.05, 3.63) is 47.1 Å². The number of amides is 1. The van der Waals surface area contributed by atoms with Crippen LogP contribution in [0.3, 0.4) is 0 Å². The molecule has 3 rings (SSSR count). The molecule has 1 fully saturated rings. The summed E-state index contributed by atoms with van der Waals surface area (Å²) in [6.45, 7) is 2.19. The van der Waals surface area contributed by atoms with Gasteiger partial charge >= 0.3 is 0 Å². The van der Waals surface area contributed by atoms with E-state index >= 15 is 0 Å². The molecule has 0 radical (unpaired) electrons. The van der Waals surface area contributed by atoms with Gasteiger partial charge in [0.05, 0.1) is 5.92 Å². The maximum atomic E-state index is 13.6. The lowest BCUT2D eigenvalue weighted by atomic mass is 9.98. The highest BCUT2D eigenvalue weighted by Crippen LogP contribution is 2.27. The molecule has 0 aliphatic carbocycles. The van der Waals surface area contributed by atoms with Crippen molar-refractivity contribution in [2.75, 3.05) is 18.4 Å². The van der Waals surface area contributed by atoms with Gasteiger partial charge in [-0.2, -0.15) is 4.31 Å². The summed E-state index contributed by atoms with van der Waals surface area (Å²) >= 11 is 1.17. The van der Waals surface area contributed by atoms with E-state index in [1.165, 1.54) is 21.7 Å². The first kappa shape index (κ1) is 18.0. The Morgan fingerprint density at radius 3 is 2.84 bits per heavy atom. The Bertz CT molecular complexity index is 866. The molecule has 0 bridgehead atoms. The number of carbonyl (C=O) groups is 1. The van der Waals surface area contributed by atoms with Gasteiger partial charge in [-0.15, -0.1) is 11.3 Å². The minimum atomic E-state index is -3.56. The molecule has 2 aromatic rings. The average molecular weight is 382 g/mol. The topological polar surface area (TPSA) is 66.5 Å². The molecule has 2 heterocycles. The van der Waals surface area contributed by atoms with Crippen LogP contribution in [0.5, 0.6) is 0 Å². The van der Waals surface area contributed by atoms with E-state index in [0.29, 0.717) is 30.6 Å². The van der Waals surface area contributed by atoms with Crippen LogP contribution in [0.1, 0.15) is 18.4 Å². The van der Waals surface area contributed by atoms with Gasteiger partial charge in [-0.05, 0) is 48.9 Å². The number of nitrogens with one attached hydrogen (secondary N) is 1. The van der Waals surface area contributed by atoms with E-state index in [2.05, 4.69) is 5.32 Å². The third-order valence-electron chi connectivity index (χ3n) is 4.28. The average Bonchev–Trinajstić information content (AvgIpc) is 3.14. The molecule has 1 aliphatic heterocycles. The molecule has 1 saturated heterocycles. The summed E-state index contributed by atoms with van der Waals surface area (Å²) in [7, 11) is -3.56. The molecule has 8 heteroatoms. The summed E-state index contributed by atoms with van der Waals surface area (Å²) < 4.78 is 40.5. The maximum Gasteiger partial charge on any atom is 0.252 e. The van der Waals surface area contributed by atoms with Crippen molar-refractivity contribution in [3.63, 3.8) is 0 Å². The number of nitrogens with zero attached hydrogens (tertiary/aromatic N) is 1. The molecule has 25 heavy (non-hydrogen) atoms. The van der Waals surface area contributed by atoms with Gasteiger partial charge in [-0.3, -0.25) is 4.79 Å². The third-order valence-corrected chi connectivity index (χ3v) is 7.52. The van der Waals surface area contributed by atoms with Crippen LogP contribution in [0.4, 0.5) is 10.1 Å². The van der Waals surface area contributed by atoms with Crippen molar-refractivity contribution in [2.24, 2.45) is 5.92 Å². The van der Waals surface area contributed by atoms with Crippen molar-refractivity contribution in [3.8, 4) is 0 Å². The van der Waals surface area contributed by atoms with Crippen molar-refractivity contribution >= 4 is 33.0 Å². The van der Waals surface area contributed by atoms with E-state index in [9.17, 15) is 17.6 Å². The van der Waals surface area contributed by atoms with Gasteiger partial charge in [-0.1, -0.05) is 12.1 Å². The van der Waals surface area contributed by atoms with Crippen LogP contribution in [-0.4, -0.2) is 31.7 Å². The number of hydrogen-bond donors (Lipinski definition) is 1. The molecule has 134 valence electrons. The summed E-state index contributed by atoms with van der Waals surface area (Å²) in [6.07, 6.45) is 1.22. The predicted octanol–water partition coefficient (Wildman–Crippen LogP) is 3.24. The molecule has 1 N–H and O–H groups in total. The zero-order chi connectivity index (χ0) is 18.0. The number of aryl methyl sites for hydroxylation is 1. The van der Waals surface area contributed by atoms with Crippen LogP contribution in [0.2, 0.25) is 0 Å². The first-order valence-corrected chi connectivity index (χ1v) is 10.3. The van der Waals surface area contributed by atoms with Crippen molar-refractivity contribution in [2.45, 2.75) is 24.0 Å². The summed E-state index contributed by atoms with van der Waals surface area (Å²) in [4.78, 5) is 12.5. The Labute approximate surface area is 150 Å². The quantitative estimate of drug-likeness (QED) is 0.883. The number of hydrogen-bond acceptors (Lipinski definition) is 4. The van der Waals surface area contributed by atoms with Gasteiger partial charge in [0, 0.05) is 18.8 Å². The molecule has 1 aromatic heterocycles. The first-order valence-electron chi connectivity index (χ1n) is 7.98. The standard InChI is InChI=1S/C17H19FN2O3S2/c1-12-6-7-14(10-15(12)18)19-17(21)13-4-2-8-20(11-13)25(22,23)16-5-3-9-24-16/h3,5-7,9-10,13H,2,4,8,11H2,1H3,(H,19,21)/t13-/m1/s1. The summed E-state index contributed by atoms with van der Waals surface area (Å²) in [5.74, 6) is -1.12. The van der Waals surface area contributed by atoms with Gasteiger partial charge in [0.1, 0.15) is 10.0 Å². The molecule has 1 amide bonds. The van der Waals surface area contributed by atoms with Crippen molar-refractivity contribution in [1.82, 2.24) is 4.31 Å². The maximum absolute atomic E-state index is 13.6. The number of benzene rings is 1. The molecule has 1 aromatic carbocycles. The predicted molar refractivity (Wildman–Crippen MR) is 95.6 cm³/mol. The van der Waals surface area contributed by atoms with E-state index in [1.54, 1.807) is 36.6 Å². The number of piperidine rings is 1. The summed E-state index contributed by atoms with van der Waals surface area (Å²) in [5, 5.41) is 4.40. The normalized spacial score (nSPS) is 18.9. The molecule has 5 nitrogen and oxygen atoms in total. The minimum absolute atomic E-state index is 0.139. The smallest absolute Gasteiger partial charge is 0.252 e. The van der Waals surface area contributed by atoms with Crippen LogP contribution in [0.25, 0.3) is 0 Å². The number of halogens is 1. The van der Waals surface area contributed by atoms with Gasteiger partial charge in [0.25, 0.3) is 10.0 Å². The first-order chi connectivity index (χ1) is 11.9. The van der Waals surface area contributed by atoms with Crippen molar-refractivity contribution in [1.29, 1.82) is 0 Å². The number of carbonyl (C=O) groups excluding carboxylic acids is 1. The highest BCUT2D eigenvalue weighted by Gasteiger charge is 2.33. The fourth-order valence-electron chi connectivity index (χ4n) is 2.83. The number of rotatable bonds is 4. The van der Waals surface area contributed by atoms with Crippen LogP contribution in [-0.2, 0) is 14.8 Å². The molecule has 1 atom stereocenters. The van der Waals surface area contributed by atoms with Gasteiger partial charge in [0.2, 0.25) is 5.91 Å². The summed E-state index contributed by atoms with van der Waals surface area (Å²) in [5.41, 5.74) is 0.884. The van der Waals surface area contributed by atoms with E-state index in [-0.39, 0.29) is 22.5 Å². The lowest BCUT2D eigenvalue weighted by Gasteiger charge is -2.30. The van der Waals surface area contributed by atoms with Gasteiger partial charge in [-0.25, -0.2) is 12.8 Å². The third kappa shape index (κ3) is 3.91. The molecule has 0 saturated carbocycles. The van der Waals surface area contributed by atoms with E-state index in [1.807, 2.05) is 0 Å². The highest BCUT2D eigenvalue weighted by molar-refractivity contribution is 7.91. The second-order valence-corrected chi connectivity index (χ2v) is 9.20. The lowest BCUT2D eigenvalue weighted by Crippen LogP contribution is -2.43. The van der Waals surface area contributed by atoms with Crippen LogP contribution in [0, 0.1) is 18.7 Å². The Morgan fingerprint density at radius 2 is 2.16 bits per heavy atom. The number of anilines is 1. The fourth-order valence-corrected chi connectivity index (χ4v) is 5.50. The summed E-state index contributed by atoms with van der Waals surface area (Å²) in [6, 6.07) is 7.77. The van der Waals surface area contributed by atoms with Gasteiger partial charge < -0.3 is 5.32 Å². The van der Waals surface area contributed by atoms with E-state index < -0.39 is 15.9 Å². The van der Waals surface area contributed by atoms with E-state index in [4.69, 9.17) is 0 Å². The molecule has 0 unspecified atom stereocenters. The minimum Gasteiger partial charge on any atom is -0.326 e. The monoisotopic (exact) mass is 382 g/mol. The second-order valence-electron chi connectivity index (χ2n) is 6.09. The van der Waals surface area contributed by atoms with Crippen molar-refractivity contribution < 1.29 is 17.6 Å². The van der Waals surface area contributed by atoms with Crippen LogP contribution >= 0.6 is 11.3 Å². The van der Waals surface area contributed by atoms with Crippen LogP contribution in [0.15, 0.2) is 39.9 Å². The van der Waals surface area contributed by atoms with Crippen LogP contribution < -0.4 is 5.32 Å². The Kier molecular flexibility index (Phi) is 5.21. The molecule has 1 aliphatic rings. The lowest BCUT2D eigenvalue weighted by molar-refractivity contribution is -0.120. The molecular weight excluding hydrogens is 363 g/mol. The Balaban J connectivity index is 1.70. The Hall–Kier alpha value is -1.77. The molecule has 0 spiro atoms. The van der Waals surface area contributed by atoms with Gasteiger partial charge in [0.15, 0.2) is 0 Å².